The van der Waals surface area contributed by atoms with E-state index in [2.05, 4.69) is 5.32 Å². The summed E-state index contributed by atoms with van der Waals surface area (Å²) in [5, 5.41) is 12.1. The van der Waals surface area contributed by atoms with Gasteiger partial charge in [0.15, 0.2) is 5.54 Å². The molecule has 0 heterocycles. The quantitative estimate of drug-likeness (QED) is 0.268. The third kappa shape index (κ3) is 7.40. The highest BCUT2D eigenvalue weighted by Crippen LogP contribution is 2.46. The first-order chi connectivity index (χ1) is 18.6. The topological polar surface area (TPSA) is 88.1 Å². The number of nitrogens with zero attached hydrogens (tertiary/aromatic N) is 1. The third-order valence-electron chi connectivity index (χ3n) is 7.19. The molecular weight excluding hydrogens is 506 g/mol. The fourth-order valence-electron chi connectivity index (χ4n) is 5.11. The van der Waals surface area contributed by atoms with Crippen LogP contribution in [0.5, 0.6) is 11.5 Å². The summed E-state index contributed by atoms with van der Waals surface area (Å²) in [6.45, 7) is 8.85. The molecule has 2 amide bonds. The third-order valence-corrected chi connectivity index (χ3v) is 7.19. The van der Waals surface area contributed by atoms with E-state index >= 15 is 0 Å². The van der Waals surface area contributed by atoms with Crippen LogP contribution in [0.4, 0.5) is 13.6 Å². The van der Waals surface area contributed by atoms with Crippen molar-refractivity contribution in [3.05, 3.63) is 59.2 Å². The number of unbranched alkanes of at least 4 members (excludes halogenated alkanes) is 1. The van der Waals surface area contributed by atoms with Crippen molar-refractivity contribution in [2.24, 2.45) is 0 Å². The number of alkyl halides is 2. The van der Waals surface area contributed by atoms with Crippen molar-refractivity contribution >= 4 is 12.0 Å². The van der Waals surface area contributed by atoms with E-state index in [0.717, 1.165) is 24.0 Å². The van der Waals surface area contributed by atoms with Gasteiger partial charge in [-0.2, -0.15) is 0 Å². The van der Waals surface area contributed by atoms with Gasteiger partial charge >= 0.3 is 12.0 Å². The molecule has 1 fully saturated rings. The highest BCUT2D eigenvalue weighted by molar-refractivity contribution is 5.88. The minimum absolute atomic E-state index is 0.315. The van der Waals surface area contributed by atoms with E-state index in [-0.39, 0.29) is 0 Å². The zero-order valence-electron chi connectivity index (χ0n) is 23.3. The average Bonchev–Trinajstić information content (AvgIpc) is 2.87. The maximum Gasteiger partial charge on any atom is 0.329 e. The predicted octanol–water partition coefficient (Wildman–Crippen LogP) is 6.39. The lowest BCUT2D eigenvalue weighted by atomic mass is 9.73. The Morgan fingerprint density at radius 3 is 2.10 bits per heavy atom. The number of carbonyl (C=O) groups is 2. The molecule has 0 radical (unpaired) electrons. The fourth-order valence-corrected chi connectivity index (χ4v) is 5.11. The molecule has 214 valence electrons. The second-order valence-electron chi connectivity index (χ2n) is 10.1. The molecule has 9 heteroatoms. The summed E-state index contributed by atoms with van der Waals surface area (Å²) in [6, 6.07) is 12.6. The van der Waals surface area contributed by atoms with Gasteiger partial charge in [0.25, 0.3) is 5.92 Å². The molecule has 0 spiro atoms. The van der Waals surface area contributed by atoms with Crippen molar-refractivity contribution in [2.75, 3.05) is 19.8 Å². The number of urea groups is 1. The highest BCUT2D eigenvalue weighted by atomic mass is 19.3. The van der Waals surface area contributed by atoms with Gasteiger partial charge in [-0.05, 0) is 69.7 Å². The summed E-state index contributed by atoms with van der Waals surface area (Å²) in [5.74, 6) is -3.24. The number of amides is 2. The minimum Gasteiger partial charge on any atom is -0.493 e. The van der Waals surface area contributed by atoms with Gasteiger partial charge in [0.2, 0.25) is 0 Å². The Bertz CT molecular complexity index is 1090. The summed E-state index contributed by atoms with van der Waals surface area (Å²) in [7, 11) is 0. The smallest absolute Gasteiger partial charge is 0.329 e. The molecule has 1 unspecified atom stereocenters. The lowest BCUT2D eigenvalue weighted by Crippen LogP contribution is -2.68. The summed E-state index contributed by atoms with van der Waals surface area (Å²) in [5.41, 5.74) is 0.873. The monoisotopic (exact) mass is 546 g/mol. The van der Waals surface area contributed by atoms with E-state index in [9.17, 15) is 23.5 Å². The standard InChI is InChI=1S/C30H40F2N2O5/c1-5-24-25(38-6-2)17-23(18-26(24)39-7-3)21(4)34(16-12-11-15-22-13-9-8-10-14-22)28(37)33-29(27(35)36)19-30(31,32)20-29/h8-10,13-14,17-18,21H,5-7,11-12,15-16,19-20H2,1-4H3,(H,33,37)(H,35,36). The van der Waals surface area contributed by atoms with Gasteiger partial charge in [-0.1, -0.05) is 37.3 Å². The van der Waals surface area contributed by atoms with Crippen LogP contribution in [-0.2, 0) is 17.6 Å². The Hall–Kier alpha value is -3.36. The number of hydrogen-bond acceptors (Lipinski definition) is 4. The number of aliphatic carboxylic acids is 1. The SMILES string of the molecule is CCOc1cc(C(C)N(CCCCc2ccccc2)C(=O)NC2(C(=O)O)CC(F)(F)C2)cc(OCC)c1CC. The summed E-state index contributed by atoms with van der Waals surface area (Å²) in [4.78, 5) is 27.0. The number of nitrogens with one attached hydrogen (secondary N) is 1. The molecule has 1 aliphatic carbocycles. The Balaban J connectivity index is 1.88. The first kappa shape index (κ1) is 30.2. The number of carbonyl (C=O) groups excluding carboxylic acids is 1. The van der Waals surface area contributed by atoms with Crippen LogP contribution < -0.4 is 14.8 Å². The predicted molar refractivity (Wildman–Crippen MR) is 146 cm³/mol. The molecule has 39 heavy (non-hydrogen) atoms. The van der Waals surface area contributed by atoms with E-state index in [1.165, 1.54) is 10.5 Å². The number of carboxylic acids is 1. The lowest BCUT2D eigenvalue weighted by molar-refractivity contribution is -0.175. The van der Waals surface area contributed by atoms with Crippen molar-refractivity contribution in [3.63, 3.8) is 0 Å². The van der Waals surface area contributed by atoms with Gasteiger partial charge in [-0.3, -0.25) is 0 Å². The largest absolute Gasteiger partial charge is 0.493 e. The Labute approximate surface area is 229 Å². The second kappa shape index (κ2) is 13.1. The van der Waals surface area contributed by atoms with Crippen molar-refractivity contribution < 1.29 is 33.0 Å². The number of carboxylic acid groups (broad SMARTS) is 1. The molecule has 1 saturated carbocycles. The van der Waals surface area contributed by atoms with Gasteiger partial charge in [-0.15, -0.1) is 0 Å². The summed E-state index contributed by atoms with van der Waals surface area (Å²) < 4.78 is 39.2. The average molecular weight is 547 g/mol. The van der Waals surface area contributed by atoms with Gasteiger partial charge in [0.05, 0.1) is 19.3 Å². The molecule has 1 aliphatic rings. The number of hydrogen-bond donors (Lipinski definition) is 2. The van der Waals surface area contributed by atoms with Crippen LogP contribution >= 0.6 is 0 Å². The number of benzene rings is 2. The maximum absolute atomic E-state index is 13.7. The molecule has 2 aromatic carbocycles. The number of ether oxygens (including phenoxy) is 2. The van der Waals surface area contributed by atoms with Crippen molar-refractivity contribution in [1.29, 1.82) is 0 Å². The molecule has 2 aromatic rings. The molecule has 0 saturated heterocycles. The molecule has 0 aromatic heterocycles. The fraction of sp³-hybridized carbons (Fsp3) is 0.533. The van der Waals surface area contributed by atoms with Gasteiger partial charge in [0, 0.05) is 24.9 Å². The molecule has 0 bridgehead atoms. The Morgan fingerprint density at radius 2 is 1.62 bits per heavy atom. The molecule has 1 atom stereocenters. The van der Waals surface area contributed by atoms with E-state index in [1.807, 2.05) is 70.2 Å². The zero-order chi connectivity index (χ0) is 28.6. The van der Waals surface area contributed by atoms with Crippen LogP contribution in [0, 0.1) is 0 Å². The molecular formula is C30H40F2N2O5. The highest BCUT2D eigenvalue weighted by Gasteiger charge is 2.62. The van der Waals surface area contributed by atoms with Crippen LogP contribution in [0.1, 0.15) is 76.1 Å². The van der Waals surface area contributed by atoms with Crippen LogP contribution in [0.2, 0.25) is 0 Å². The van der Waals surface area contributed by atoms with Crippen LogP contribution in [0.25, 0.3) is 0 Å². The van der Waals surface area contributed by atoms with E-state index in [1.54, 1.807) is 0 Å². The molecule has 7 nitrogen and oxygen atoms in total. The zero-order valence-corrected chi connectivity index (χ0v) is 23.3. The van der Waals surface area contributed by atoms with E-state index in [0.29, 0.717) is 44.1 Å². The van der Waals surface area contributed by atoms with E-state index in [4.69, 9.17) is 9.47 Å². The van der Waals surface area contributed by atoms with Crippen molar-refractivity contribution in [2.45, 2.75) is 83.7 Å². The van der Waals surface area contributed by atoms with Crippen LogP contribution in [0.3, 0.4) is 0 Å². The van der Waals surface area contributed by atoms with Gasteiger partial charge in [-0.25, -0.2) is 18.4 Å². The first-order valence-electron chi connectivity index (χ1n) is 13.7. The molecule has 2 N–H and O–H groups in total. The summed E-state index contributed by atoms with van der Waals surface area (Å²) >= 11 is 0. The number of aryl methyl sites for hydroxylation is 1. The van der Waals surface area contributed by atoms with Crippen molar-refractivity contribution in [3.8, 4) is 11.5 Å². The number of rotatable bonds is 14. The minimum atomic E-state index is -3.12. The Morgan fingerprint density at radius 1 is 1.03 bits per heavy atom. The summed E-state index contributed by atoms with van der Waals surface area (Å²) in [6.07, 6.45) is 1.11. The number of halogens is 2. The first-order valence-corrected chi connectivity index (χ1v) is 13.7. The lowest BCUT2D eigenvalue weighted by Gasteiger charge is -2.45. The van der Waals surface area contributed by atoms with Crippen LogP contribution in [-0.4, -0.2) is 53.2 Å². The Kier molecular flexibility index (Phi) is 10.2. The molecule has 3 rings (SSSR count). The van der Waals surface area contributed by atoms with E-state index < -0.39 is 42.3 Å². The van der Waals surface area contributed by atoms with Crippen LogP contribution in [0.15, 0.2) is 42.5 Å². The molecule has 0 aliphatic heterocycles. The van der Waals surface area contributed by atoms with Gasteiger partial charge in [0.1, 0.15) is 11.5 Å². The van der Waals surface area contributed by atoms with Crippen molar-refractivity contribution in [1.82, 2.24) is 10.2 Å². The second-order valence-corrected chi connectivity index (χ2v) is 10.1. The normalized spacial score (nSPS) is 16.1. The van der Waals surface area contributed by atoms with Gasteiger partial charge < -0.3 is 24.8 Å². The maximum atomic E-state index is 13.7.